The molecular formula is C43H53N3O3. The predicted molar refractivity (Wildman–Crippen MR) is 206 cm³/mol. The fourth-order valence-electron chi connectivity index (χ4n) is 5.34. The summed E-state index contributed by atoms with van der Waals surface area (Å²) in [5.74, 6) is 0.239. The van der Waals surface area contributed by atoms with Gasteiger partial charge in [0.1, 0.15) is 11.5 Å². The molecule has 0 spiro atoms. The molecule has 0 atom stereocenters. The van der Waals surface area contributed by atoms with Crippen LogP contribution in [0.3, 0.4) is 0 Å². The SMILES string of the molecule is CC(C)(C)c1cc(C=Nc2ccc(NC(=O)c3ccc(N=Cc4cc(C(C)(C)C)cc(C(C)(C)C)c4O)cc3)cc2)c(O)c(C(C)(C)C)c1. The minimum absolute atomic E-state index is 0.0806. The summed E-state index contributed by atoms with van der Waals surface area (Å²) in [6.07, 6.45) is 3.38. The van der Waals surface area contributed by atoms with Crippen LogP contribution in [0.15, 0.2) is 82.8 Å². The van der Waals surface area contributed by atoms with Crippen molar-refractivity contribution in [2.45, 2.75) is 105 Å². The molecule has 258 valence electrons. The summed E-state index contributed by atoms with van der Waals surface area (Å²) >= 11 is 0. The van der Waals surface area contributed by atoms with Gasteiger partial charge < -0.3 is 15.5 Å². The lowest BCUT2D eigenvalue weighted by atomic mass is 9.79. The second-order valence-electron chi connectivity index (χ2n) is 17.0. The molecular weight excluding hydrogens is 606 g/mol. The van der Waals surface area contributed by atoms with E-state index < -0.39 is 0 Å². The first-order chi connectivity index (χ1) is 22.5. The lowest BCUT2D eigenvalue weighted by Crippen LogP contribution is -2.17. The van der Waals surface area contributed by atoms with Crippen molar-refractivity contribution in [1.29, 1.82) is 0 Å². The van der Waals surface area contributed by atoms with Gasteiger partial charge in [0.25, 0.3) is 5.91 Å². The zero-order chi connectivity index (χ0) is 36.5. The summed E-state index contributed by atoms with van der Waals surface area (Å²) in [4.78, 5) is 22.3. The van der Waals surface area contributed by atoms with Gasteiger partial charge in [0.05, 0.1) is 11.4 Å². The highest BCUT2D eigenvalue weighted by Gasteiger charge is 2.26. The van der Waals surface area contributed by atoms with E-state index >= 15 is 0 Å². The zero-order valence-corrected chi connectivity index (χ0v) is 31.3. The van der Waals surface area contributed by atoms with Crippen molar-refractivity contribution >= 4 is 35.4 Å². The molecule has 6 heteroatoms. The second-order valence-corrected chi connectivity index (χ2v) is 17.0. The molecule has 1 amide bonds. The number of nitrogens with one attached hydrogen (secondary N) is 1. The number of hydrogen-bond acceptors (Lipinski definition) is 5. The molecule has 0 bridgehead atoms. The number of aromatic hydroxyl groups is 2. The molecule has 0 aliphatic carbocycles. The third-order valence-corrected chi connectivity index (χ3v) is 8.59. The van der Waals surface area contributed by atoms with Gasteiger partial charge in [0.2, 0.25) is 0 Å². The highest BCUT2D eigenvalue weighted by Crippen LogP contribution is 2.39. The molecule has 4 rings (SSSR count). The Labute approximate surface area is 293 Å². The molecule has 0 aromatic heterocycles. The monoisotopic (exact) mass is 659 g/mol. The van der Waals surface area contributed by atoms with Crippen molar-refractivity contribution in [3.05, 3.63) is 112 Å². The van der Waals surface area contributed by atoms with Crippen LogP contribution in [0.2, 0.25) is 0 Å². The van der Waals surface area contributed by atoms with Gasteiger partial charge in [-0.1, -0.05) is 95.2 Å². The van der Waals surface area contributed by atoms with Gasteiger partial charge in [0.15, 0.2) is 0 Å². The molecule has 0 heterocycles. The Morgan fingerprint density at radius 2 is 0.918 bits per heavy atom. The standard InChI is InChI=1S/C43H53N3O3/c1-40(2,3)30-21-28(37(47)35(23-30)42(7,8)9)25-44-32-15-13-27(14-16-32)39(49)46-34-19-17-33(18-20-34)45-26-29-22-31(41(4,5)6)24-36(38(29)48)43(10,11)12/h13-26,47-48H,1-12H3,(H,46,49). The molecule has 0 saturated heterocycles. The number of carbonyl (C=O) groups excluding carboxylic acids is 1. The Balaban J connectivity index is 1.47. The number of phenols is 2. The zero-order valence-electron chi connectivity index (χ0n) is 31.3. The van der Waals surface area contributed by atoms with Gasteiger partial charge >= 0.3 is 0 Å². The van der Waals surface area contributed by atoms with Gasteiger partial charge in [0, 0.05) is 45.9 Å². The summed E-state index contributed by atoms with van der Waals surface area (Å²) < 4.78 is 0. The Hall–Kier alpha value is -4.71. The topological polar surface area (TPSA) is 94.3 Å². The summed E-state index contributed by atoms with van der Waals surface area (Å²) in [6.45, 7) is 25.5. The van der Waals surface area contributed by atoms with E-state index in [-0.39, 0.29) is 39.1 Å². The third-order valence-electron chi connectivity index (χ3n) is 8.59. The van der Waals surface area contributed by atoms with Crippen LogP contribution in [0.25, 0.3) is 0 Å². The number of carbonyl (C=O) groups is 1. The number of phenolic OH excluding ortho intramolecular Hbond substituents is 2. The number of hydrogen-bond donors (Lipinski definition) is 3. The van der Waals surface area contributed by atoms with Crippen LogP contribution in [0.5, 0.6) is 11.5 Å². The molecule has 0 radical (unpaired) electrons. The maximum Gasteiger partial charge on any atom is 0.255 e. The smallest absolute Gasteiger partial charge is 0.255 e. The van der Waals surface area contributed by atoms with Crippen LogP contribution in [-0.4, -0.2) is 28.5 Å². The van der Waals surface area contributed by atoms with Gasteiger partial charge in [-0.25, -0.2) is 0 Å². The number of amides is 1. The average molecular weight is 660 g/mol. The first kappa shape index (κ1) is 37.1. The van der Waals surface area contributed by atoms with Crippen LogP contribution in [-0.2, 0) is 21.7 Å². The van der Waals surface area contributed by atoms with E-state index in [0.29, 0.717) is 33.8 Å². The molecule has 0 aliphatic heterocycles. The van der Waals surface area contributed by atoms with E-state index in [4.69, 9.17) is 0 Å². The molecule has 3 N–H and O–H groups in total. The molecule has 4 aromatic carbocycles. The van der Waals surface area contributed by atoms with E-state index in [0.717, 1.165) is 22.3 Å². The summed E-state index contributed by atoms with van der Waals surface area (Å²) in [7, 11) is 0. The lowest BCUT2D eigenvalue weighted by Gasteiger charge is -2.27. The van der Waals surface area contributed by atoms with Crippen LogP contribution in [0, 0.1) is 0 Å². The maximum atomic E-state index is 13.0. The van der Waals surface area contributed by atoms with Gasteiger partial charge in [-0.3, -0.25) is 14.8 Å². The maximum absolute atomic E-state index is 13.0. The molecule has 4 aromatic rings. The van der Waals surface area contributed by atoms with Gasteiger partial charge in [-0.2, -0.15) is 0 Å². The van der Waals surface area contributed by atoms with Gasteiger partial charge in [-0.15, -0.1) is 0 Å². The molecule has 6 nitrogen and oxygen atoms in total. The summed E-state index contributed by atoms with van der Waals surface area (Å²) in [5, 5.41) is 25.1. The van der Waals surface area contributed by atoms with Crippen LogP contribution < -0.4 is 5.32 Å². The third kappa shape index (κ3) is 9.26. The van der Waals surface area contributed by atoms with Crippen molar-refractivity contribution in [3.8, 4) is 11.5 Å². The number of aliphatic imine (C=N–C) groups is 2. The second kappa shape index (κ2) is 13.7. The number of rotatable bonds is 6. The van der Waals surface area contributed by atoms with E-state index in [1.165, 1.54) is 0 Å². The Morgan fingerprint density at radius 3 is 1.27 bits per heavy atom. The van der Waals surface area contributed by atoms with Crippen molar-refractivity contribution in [3.63, 3.8) is 0 Å². The van der Waals surface area contributed by atoms with Crippen molar-refractivity contribution in [2.24, 2.45) is 9.98 Å². The highest BCUT2D eigenvalue weighted by molar-refractivity contribution is 6.04. The van der Waals surface area contributed by atoms with Crippen LogP contribution >= 0.6 is 0 Å². The van der Waals surface area contributed by atoms with Crippen molar-refractivity contribution < 1.29 is 15.0 Å². The molecule has 0 fully saturated rings. The molecule has 0 unspecified atom stereocenters. The summed E-state index contributed by atoms with van der Waals surface area (Å²) in [5.41, 5.74) is 7.27. The molecule has 0 aliphatic rings. The minimum atomic E-state index is -0.240. The Bertz CT molecular complexity index is 1870. The number of benzene rings is 4. The number of anilines is 1. The van der Waals surface area contributed by atoms with E-state index in [9.17, 15) is 15.0 Å². The Morgan fingerprint density at radius 1 is 0.551 bits per heavy atom. The predicted octanol–water partition coefficient (Wildman–Crippen LogP) is 11.0. The minimum Gasteiger partial charge on any atom is -0.507 e. The first-order valence-electron chi connectivity index (χ1n) is 16.9. The lowest BCUT2D eigenvalue weighted by molar-refractivity contribution is 0.102. The average Bonchev–Trinajstić information content (AvgIpc) is 2.98. The number of nitrogens with zero attached hydrogens (tertiary/aromatic N) is 2. The van der Waals surface area contributed by atoms with E-state index in [1.807, 2.05) is 24.3 Å². The van der Waals surface area contributed by atoms with E-state index in [2.05, 4.69) is 111 Å². The quantitative estimate of drug-likeness (QED) is 0.180. The molecule has 49 heavy (non-hydrogen) atoms. The van der Waals surface area contributed by atoms with E-state index in [1.54, 1.807) is 48.8 Å². The first-order valence-corrected chi connectivity index (χ1v) is 16.9. The fraction of sp³-hybridized carbons (Fsp3) is 0.372. The molecule has 0 saturated carbocycles. The van der Waals surface area contributed by atoms with Crippen molar-refractivity contribution in [2.75, 3.05) is 5.32 Å². The van der Waals surface area contributed by atoms with Crippen molar-refractivity contribution in [1.82, 2.24) is 0 Å². The van der Waals surface area contributed by atoms with Gasteiger partial charge in [-0.05, 0) is 93.5 Å². The largest absolute Gasteiger partial charge is 0.507 e. The summed E-state index contributed by atoms with van der Waals surface area (Å²) in [6, 6.07) is 22.5. The van der Waals surface area contributed by atoms with Crippen LogP contribution in [0.1, 0.15) is 127 Å². The van der Waals surface area contributed by atoms with Crippen LogP contribution in [0.4, 0.5) is 17.1 Å². The highest BCUT2D eigenvalue weighted by atomic mass is 16.3. The Kier molecular flexibility index (Phi) is 10.3. The fourth-order valence-corrected chi connectivity index (χ4v) is 5.34. The normalized spacial score (nSPS) is 13.0.